The van der Waals surface area contributed by atoms with Crippen molar-refractivity contribution in [3.05, 3.63) is 0 Å². The van der Waals surface area contributed by atoms with Gasteiger partial charge in [-0.2, -0.15) is 0 Å². The molecule has 0 heterocycles. The number of carbonyl (C=O) groups excluding carboxylic acids is 1. The van der Waals surface area contributed by atoms with Gasteiger partial charge in [-0.3, -0.25) is 9.59 Å². The second kappa shape index (κ2) is 6.62. The number of nitrogens with one attached hydrogen (secondary N) is 1. The molecule has 1 rings (SSSR count). The highest BCUT2D eigenvalue weighted by molar-refractivity contribution is 5.77. The van der Waals surface area contributed by atoms with E-state index >= 15 is 0 Å². The quantitative estimate of drug-likeness (QED) is 0.775. The maximum absolute atomic E-state index is 11.6. The smallest absolute Gasteiger partial charge is 0.303 e. The van der Waals surface area contributed by atoms with Crippen molar-refractivity contribution >= 4 is 11.9 Å². The van der Waals surface area contributed by atoms with Crippen LogP contribution in [-0.4, -0.2) is 23.0 Å². The van der Waals surface area contributed by atoms with Gasteiger partial charge in [0.15, 0.2) is 0 Å². The molecule has 2 N–H and O–H groups in total. The maximum atomic E-state index is 11.6. The lowest BCUT2D eigenvalue weighted by molar-refractivity contribution is -0.137. The van der Waals surface area contributed by atoms with Gasteiger partial charge in [-0.05, 0) is 37.5 Å². The van der Waals surface area contributed by atoms with E-state index in [1.807, 2.05) is 0 Å². The van der Waals surface area contributed by atoms with Crippen LogP contribution in [0.4, 0.5) is 0 Å². The molecule has 3 unspecified atom stereocenters. The molecule has 1 fully saturated rings. The first-order valence-electron chi connectivity index (χ1n) is 6.50. The average molecular weight is 241 g/mol. The largest absolute Gasteiger partial charge is 0.481 e. The zero-order valence-corrected chi connectivity index (χ0v) is 10.7. The van der Waals surface area contributed by atoms with Crippen molar-refractivity contribution in [1.82, 2.24) is 5.32 Å². The Hall–Kier alpha value is -1.06. The Labute approximate surface area is 103 Å². The van der Waals surface area contributed by atoms with E-state index in [4.69, 9.17) is 5.11 Å². The fraction of sp³-hybridized carbons (Fsp3) is 0.846. The topological polar surface area (TPSA) is 66.4 Å². The van der Waals surface area contributed by atoms with E-state index in [0.29, 0.717) is 18.8 Å². The first-order valence-corrected chi connectivity index (χ1v) is 6.50. The van der Waals surface area contributed by atoms with Crippen molar-refractivity contribution in [1.29, 1.82) is 0 Å². The maximum Gasteiger partial charge on any atom is 0.303 e. The average Bonchev–Trinajstić information content (AvgIpc) is 2.21. The molecule has 0 bridgehead atoms. The summed E-state index contributed by atoms with van der Waals surface area (Å²) in [5, 5.41) is 11.5. The lowest BCUT2D eigenvalue weighted by Gasteiger charge is -2.33. The van der Waals surface area contributed by atoms with E-state index in [1.165, 1.54) is 12.8 Å². The van der Waals surface area contributed by atoms with Crippen molar-refractivity contribution in [2.24, 2.45) is 11.8 Å². The summed E-state index contributed by atoms with van der Waals surface area (Å²) in [7, 11) is 0. The third kappa shape index (κ3) is 5.20. The zero-order valence-electron chi connectivity index (χ0n) is 10.7. The van der Waals surface area contributed by atoms with Crippen LogP contribution in [0.3, 0.4) is 0 Å². The number of aliphatic carboxylic acids is 1. The molecule has 0 aromatic carbocycles. The second-order valence-corrected chi connectivity index (χ2v) is 5.32. The minimum Gasteiger partial charge on any atom is -0.481 e. The van der Waals surface area contributed by atoms with Crippen molar-refractivity contribution in [3.63, 3.8) is 0 Å². The molecular formula is C13H23NO3. The van der Waals surface area contributed by atoms with Gasteiger partial charge in [0.05, 0.1) is 0 Å². The summed E-state index contributed by atoms with van der Waals surface area (Å²) in [6.07, 6.45) is 4.21. The van der Waals surface area contributed by atoms with Gasteiger partial charge in [0, 0.05) is 18.9 Å². The summed E-state index contributed by atoms with van der Waals surface area (Å²) in [6, 6.07) is 0.281. The van der Waals surface area contributed by atoms with Gasteiger partial charge in [0.25, 0.3) is 0 Å². The predicted molar refractivity (Wildman–Crippen MR) is 65.6 cm³/mol. The number of hydrogen-bond donors (Lipinski definition) is 2. The van der Waals surface area contributed by atoms with Crippen LogP contribution >= 0.6 is 0 Å². The molecule has 0 aliphatic heterocycles. The van der Waals surface area contributed by atoms with Gasteiger partial charge in [-0.15, -0.1) is 0 Å². The SMILES string of the molecule is CC1CCC(NC(=O)CCCC(=O)O)C(C)C1. The van der Waals surface area contributed by atoms with Crippen LogP contribution in [0.1, 0.15) is 52.4 Å². The first kappa shape index (κ1) is 14.0. The van der Waals surface area contributed by atoms with E-state index in [2.05, 4.69) is 19.2 Å². The highest BCUT2D eigenvalue weighted by Crippen LogP contribution is 2.28. The van der Waals surface area contributed by atoms with Crippen LogP contribution in [0.25, 0.3) is 0 Å². The summed E-state index contributed by atoms with van der Waals surface area (Å²) in [5.74, 6) is 0.447. The predicted octanol–water partition coefficient (Wildman–Crippen LogP) is 2.18. The van der Waals surface area contributed by atoms with Gasteiger partial charge < -0.3 is 10.4 Å². The first-order chi connectivity index (χ1) is 7.99. The normalized spacial score (nSPS) is 28.7. The molecule has 0 aromatic rings. The lowest BCUT2D eigenvalue weighted by Crippen LogP contribution is -2.42. The summed E-state index contributed by atoms with van der Waals surface area (Å²) in [6.45, 7) is 4.43. The highest BCUT2D eigenvalue weighted by atomic mass is 16.4. The van der Waals surface area contributed by atoms with E-state index in [0.717, 1.165) is 12.3 Å². The van der Waals surface area contributed by atoms with Crippen LogP contribution in [0.15, 0.2) is 0 Å². The van der Waals surface area contributed by atoms with Gasteiger partial charge in [0.1, 0.15) is 0 Å². The molecule has 17 heavy (non-hydrogen) atoms. The number of carbonyl (C=O) groups is 2. The molecular weight excluding hydrogens is 218 g/mol. The van der Waals surface area contributed by atoms with E-state index < -0.39 is 5.97 Å². The summed E-state index contributed by atoms with van der Waals surface area (Å²) >= 11 is 0. The molecule has 0 spiro atoms. The fourth-order valence-corrected chi connectivity index (χ4v) is 2.56. The second-order valence-electron chi connectivity index (χ2n) is 5.32. The third-order valence-corrected chi connectivity index (χ3v) is 3.57. The molecule has 1 aliphatic rings. The number of carboxylic acid groups (broad SMARTS) is 1. The highest BCUT2D eigenvalue weighted by Gasteiger charge is 2.26. The summed E-state index contributed by atoms with van der Waals surface area (Å²) in [4.78, 5) is 21.9. The summed E-state index contributed by atoms with van der Waals surface area (Å²) in [5.41, 5.74) is 0. The Morgan fingerprint density at radius 3 is 2.53 bits per heavy atom. The van der Waals surface area contributed by atoms with Gasteiger partial charge in [0.2, 0.25) is 5.91 Å². The molecule has 4 nitrogen and oxygen atoms in total. The van der Waals surface area contributed by atoms with E-state index in [9.17, 15) is 9.59 Å². The van der Waals surface area contributed by atoms with Gasteiger partial charge in [-0.25, -0.2) is 0 Å². The molecule has 3 atom stereocenters. The van der Waals surface area contributed by atoms with E-state index in [-0.39, 0.29) is 18.4 Å². The number of rotatable bonds is 5. The molecule has 1 amide bonds. The Balaban J connectivity index is 2.23. The number of amides is 1. The number of hydrogen-bond acceptors (Lipinski definition) is 2. The molecule has 4 heteroatoms. The van der Waals surface area contributed by atoms with Crippen molar-refractivity contribution in [2.75, 3.05) is 0 Å². The van der Waals surface area contributed by atoms with Crippen LogP contribution in [-0.2, 0) is 9.59 Å². The van der Waals surface area contributed by atoms with Crippen LogP contribution < -0.4 is 5.32 Å². The lowest BCUT2D eigenvalue weighted by atomic mass is 9.80. The van der Waals surface area contributed by atoms with Gasteiger partial charge >= 0.3 is 5.97 Å². The van der Waals surface area contributed by atoms with Crippen LogP contribution in [0.5, 0.6) is 0 Å². The molecule has 0 radical (unpaired) electrons. The monoisotopic (exact) mass is 241 g/mol. The standard InChI is InChI=1S/C13H23NO3/c1-9-6-7-11(10(2)8-9)14-12(15)4-3-5-13(16)17/h9-11H,3-8H2,1-2H3,(H,14,15)(H,16,17). The zero-order chi connectivity index (χ0) is 12.8. The van der Waals surface area contributed by atoms with Crippen molar-refractivity contribution in [3.8, 4) is 0 Å². The molecule has 0 saturated heterocycles. The minimum atomic E-state index is -0.836. The Morgan fingerprint density at radius 2 is 1.94 bits per heavy atom. The van der Waals surface area contributed by atoms with E-state index in [1.54, 1.807) is 0 Å². The van der Waals surface area contributed by atoms with Gasteiger partial charge in [-0.1, -0.05) is 13.8 Å². The molecule has 98 valence electrons. The molecule has 1 saturated carbocycles. The van der Waals surface area contributed by atoms with Crippen LogP contribution in [0.2, 0.25) is 0 Å². The Bertz CT molecular complexity index is 278. The minimum absolute atomic E-state index is 0.00217. The summed E-state index contributed by atoms with van der Waals surface area (Å²) < 4.78 is 0. The van der Waals surface area contributed by atoms with Crippen LogP contribution in [0, 0.1) is 11.8 Å². The van der Waals surface area contributed by atoms with Crippen molar-refractivity contribution < 1.29 is 14.7 Å². The fourth-order valence-electron chi connectivity index (χ4n) is 2.56. The number of carboxylic acids is 1. The van der Waals surface area contributed by atoms with Crippen molar-refractivity contribution in [2.45, 2.75) is 58.4 Å². The molecule has 0 aromatic heterocycles. The Morgan fingerprint density at radius 1 is 1.24 bits per heavy atom. The third-order valence-electron chi connectivity index (χ3n) is 3.57. The Kier molecular flexibility index (Phi) is 5.45. The molecule has 1 aliphatic carbocycles.